The van der Waals surface area contributed by atoms with Gasteiger partial charge in [0.05, 0.1) is 47.8 Å². The number of benzene rings is 2. The number of hydrogen-bond donors (Lipinski definition) is 3. The molecule has 1 heterocycles. The second-order valence-corrected chi connectivity index (χ2v) is 7.23. The first-order valence-corrected chi connectivity index (χ1v) is 9.58. The van der Waals surface area contributed by atoms with Gasteiger partial charge in [-0.1, -0.05) is 0 Å². The summed E-state index contributed by atoms with van der Waals surface area (Å²) in [6, 6.07) is 6.72. The lowest BCUT2D eigenvalue weighted by molar-refractivity contribution is 0.0807. The number of methoxy groups -OCH3 is 4. The van der Waals surface area contributed by atoms with E-state index in [1.54, 1.807) is 24.3 Å². The zero-order valence-corrected chi connectivity index (χ0v) is 17.5. The molecule has 1 saturated heterocycles. The van der Waals surface area contributed by atoms with Gasteiger partial charge in [0.25, 0.3) is 0 Å². The SMILES string of the molecule is COc1cc(CC2COCC2C(O)c2cc(OC)c(O)c(OC)c2)cc(OC)c1O. The smallest absolute Gasteiger partial charge is 0.200 e. The molecule has 0 bridgehead atoms. The standard InChI is InChI=1S/C22H28O8/c1-26-16-6-12(7-17(27-2)21(16)24)5-14-10-30-11-15(14)20(23)13-8-18(28-3)22(25)19(9-13)29-4/h6-9,14-15,20,23-25H,5,10-11H2,1-4H3. The van der Waals surface area contributed by atoms with E-state index in [-0.39, 0.29) is 34.8 Å². The van der Waals surface area contributed by atoms with Gasteiger partial charge in [-0.05, 0) is 47.7 Å². The molecule has 0 amide bonds. The lowest BCUT2D eigenvalue weighted by atomic mass is 9.83. The summed E-state index contributed by atoms with van der Waals surface area (Å²) in [6.07, 6.45) is -0.247. The van der Waals surface area contributed by atoms with Crippen molar-refractivity contribution < 1.29 is 39.0 Å². The van der Waals surface area contributed by atoms with Crippen LogP contribution in [0.25, 0.3) is 0 Å². The molecule has 30 heavy (non-hydrogen) atoms. The third-order valence-electron chi connectivity index (χ3n) is 5.53. The highest BCUT2D eigenvalue weighted by Gasteiger charge is 2.35. The van der Waals surface area contributed by atoms with E-state index in [0.29, 0.717) is 36.7 Å². The topological polar surface area (TPSA) is 107 Å². The molecule has 0 radical (unpaired) electrons. The molecule has 0 aromatic heterocycles. The molecule has 2 aromatic carbocycles. The summed E-state index contributed by atoms with van der Waals surface area (Å²) in [4.78, 5) is 0. The Bertz CT molecular complexity index is 831. The molecule has 1 aliphatic heterocycles. The highest BCUT2D eigenvalue weighted by Crippen LogP contribution is 2.43. The van der Waals surface area contributed by atoms with Crippen LogP contribution in [-0.2, 0) is 11.2 Å². The number of hydrogen-bond acceptors (Lipinski definition) is 8. The van der Waals surface area contributed by atoms with Crippen LogP contribution in [0.3, 0.4) is 0 Å². The van der Waals surface area contributed by atoms with Gasteiger partial charge in [0.15, 0.2) is 23.0 Å². The number of phenols is 2. The second kappa shape index (κ2) is 9.32. The molecule has 8 heteroatoms. The zero-order valence-electron chi connectivity index (χ0n) is 17.5. The normalized spacial score (nSPS) is 19.4. The van der Waals surface area contributed by atoms with Crippen molar-refractivity contribution in [2.24, 2.45) is 11.8 Å². The molecule has 3 unspecified atom stereocenters. The average Bonchev–Trinajstić information content (AvgIpc) is 3.22. The van der Waals surface area contributed by atoms with Crippen molar-refractivity contribution >= 4 is 0 Å². The molecule has 3 N–H and O–H groups in total. The monoisotopic (exact) mass is 420 g/mol. The van der Waals surface area contributed by atoms with Gasteiger partial charge in [0.1, 0.15) is 0 Å². The highest BCUT2D eigenvalue weighted by molar-refractivity contribution is 5.54. The van der Waals surface area contributed by atoms with E-state index < -0.39 is 6.10 Å². The average molecular weight is 420 g/mol. The fourth-order valence-corrected chi connectivity index (χ4v) is 3.87. The maximum atomic E-state index is 11.1. The molecule has 3 atom stereocenters. The number of phenolic OH excluding ortho intramolecular Hbond substituents is 2. The summed E-state index contributed by atoms with van der Waals surface area (Å²) in [7, 11) is 5.85. The maximum absolute atomic E-state index is 11.1. The van der Waals surface area contributed by atoms with E-state index in [1.165, 1.54) is 28.4 Å². The van der Waals surface area contributed by atoms with E-state index in [1.807, 2.05) is 0 Å². The first-order chi connectivity index (χ1) is 14.4. The van der Waals surface area contributed by atoms with Crippen LogP contribution in [0, 0.1) is 11.8 Å². The third-order valence-corrected chi connectivity index (χ3v) is 5.53. The summed E-state index contributed by atoms with van der Waals surface area (Å²) in [6.45, 7) is 0.878. The van der Waals surface area contributed by atoms with Gasteiger partial charge in [-0.3, -0.25) is 0 Å². The summed E-state index contributed by atoms with van der Waals surface area (Å²) in [5.41, 5.74) is 1.47. The Labute approximate surface area is 175 Å². The van der Waals surface area contributed by atoms with Gasteiger partial charge >= 0.3 is 0 Å². The maximum Gasteiger partial charge on any atom is 0.200 e. The van der Waals surface area contributed by atoms with Crippen molar-refractivity contribution in [1.29, 1.82) is 0 Å². The van der Waals surface area contributed by atoms with Crippen molar-refractivity contribution in [3.05, 3.63) is 35.4 Å². The lowest BCUT2D eigenvalue weighted by Gasteiger charge is -2.25. The molecule has 3 rings (SSSR count). The van der Waals surface area contributed by atoms with E-state index in [2.05, 4.69) is 0 Å². The molecule has 1 fully saturated rings. The summed E-state index contributed by atoms with van der Waals surface area (Å²) >= 11 is 0. The number of aliphatic hydroxyl groups is 1. The zero-order chi connectivity index (χ0) is 21.8. The largest absolute Gasteiger partial charge is 0.502 e. The van der Waals surface area contributed by atoms with Crippen LogP contribution in [0.15, 0.2) is 24.3 Å². The van der Waals surface area contributed by atoms with Gasteiger partial charge in [-0.25, -0.2) is 0 Å². The molecule has 164 valence electrons. The van der Waals surface area contributed by atoms with Crippen LogP contribution >= 0.6 is 0 Å². The number of aromatic hydroxyl groups is 2. The Balaban J connectivity index is 1.86. The van der Waals surface area contributed by atoms with Crippen LogP contribution in [0.5, 0.6) is 34.5 Å². The van der Waals surface area contributed by atoms with Gasteiger partial charge < -0.3 is 39.0 Å². The fraction of sp³-hybridized carbons (Fsp3) is 0.455. The van der Waals surface area contributed by atoms with Crippen molar-refractivity contribution in [1.82, 2.24) is 0 Å². The molecular formula is C22H28O8. The Hall–Kier alpha value is -2.84. The van der Waals surface area contributed by atoms with E-state index in [9.17, 15) is 15.3 Å². The Morgan fingerprint density at radius 1 is 0.833 bits per heavy atom. The molecule has 2 aromatic rings. The molecular weight excluding hydrogens is 392 g/mol. The van der Waals surface area contributed by atoms with Gasteiger partial charge in [-0.15, -0.1) is 0 Å². The van der Waals surface area contributed by atoms with E-state index in [0.717, 1.165) is 5.56 Å². The molecule has 8 nitrogen and oxygen atoms in total. The lowest BCUT2D eigenvalue weighted by Crippen LogP contribution is -2.22. The van der Waals surface area contributed by atoms with Crippen molar-refractivity contribution in [2.75, 3.05) is 41.7 Å². The van der Waals surface area contributed by atoms with E-state index >= 15 is 0 Å². The van der Waals surface area contributed by atoms with Crippen LogP contribution in [0.1, 0.15) is 17.2 Å². The van der Waals surface area contributed by atoms with Gasteiger partial charge in [0.2, 0.25) is 11.5 Å². The fourth-order valence-electron chi connectivity index (χ4n) is 3.87. The molecule has 0 spiro atoms. The van der Waals surface area contributed by atoms with Crippen molar-refractivity contribution in [3.63, 3.8) is 0 Å². The first-order valence-electron chi connectivity index (χ1n) is 9.58. The van der Waals surface area contributed by atoms with Crippen LogP contribution in [-0.4, -0.2) is 57.0 Å². The Morgan fingerprint density at radius 2 is 1.30 bits per heavy atom. The quantitative estimate of drug-likeness (QED) is 0.598. The molecule has 0 saturated carbocycles. The predicted octanol–water partition coefficient (Wildman–Crippen LogP) is 2.67. The highest BCUT2D eigenvalue weighted by atomic mass is 16.5. The minimum absolute atomic E-state index is 0.0183. The molecule has 1 aliphatic rings. The summed E-state index contributed by atoms with van der Waals surface area (Å²) in [5.74, 6) is 0.782. The van der Waals surface area contributed by atoms with Crippen molar-refractivity contribution in [2.45, 2.75) is 12.5 Å². The Kier molecular flexibility index (Phi) is 6.79. The van der Waals surface area contributed by atoms with Gasteiger partial charge in [-0.2, -0.15) is 0 Å². The first kappa shape index (κ1) is 21.9. The van der Waals surface area contributed by atoms with Crippen molar-refractivity contribution in [3.8, 4) is 34.5 Å². The minimum atomic E-state index is -0.846. The second-order valence-electron chi connectivity index (χ2n) is 7.23. The Morgan fingerprint density at radius 3 is 1.77 bits per heavy atom. The molecule has 0 aliphatic carbocycles. The van der Waals surface area contributed by atoms with Gasteiger partial charge in [0, 0.05) is 5.92 Å². The van der Waals surface area contributed by atoms with Crippen LogP contribution in [0.2, 0.25) is 0 Å². The predicted molar refractivity (Wildman–Crippen MR) is 109 cm³/mol. The summed E-state index contributed by atoms with van der Waals surface area (Å²) < 4.78 is 26.6. The number of ether oxygens (including phenoxy) is 5. The van der Waals surface area contributed by atoms with E-state index in [4.69, 9.17) is 23.7 Å². The summed E-state index contributed by atoms with van der Waals surface area (Å²) in [5, 5.41) is 31.3. The minimum Gasteiger partial charge on any atom is -0.502 e. The number of rotatable bonds is 8. The third kappa shape index (κ3) is 4.20. The van der Waals surface area contributed by atoms with Crippen LogP contribution in [0.4, 0.5) is 0 Å². The van der Waals surface area contributed by atoms with Crippen LogP contribution < -0.4 is 18.9 Å². The number of aliphatic hydroxyl groups excluding tert-OH is 1.